The van der Waals surface area contributed by atoms with Crippen LogP contribution in [0.15, 0.2) is 36.7 Å². The van der Waals surface area contributed by atoms with E-state index in [-0.39, 0.29) is 24.4 Å². The molecule has 0 spiro atoms. The van der Waals surface area contributed by atoms with Crippen molar-refractivity contribution in [3.63, 3.8) is 0 Å². The third kappa shape index (κ3) is 2.28. The van der Waals surface area contributed by atoms with Gasteiger partial charge < -0.3 is 10.4 Å². The van der Waals surface area contributed by atoms with Gasteiger partial charge in [0.2, 0.25) is 5.91 Å². The number of rotatable bonds is 5. The number of aliphatic carboxylic acids is 1. The van der Waals surface area contributed by atoms with Crippen molar-refractivity contribution in [2.75, 3.05) is 0 Å². The molecule has 2 aliphatic rings. The van der Waals surface area contributed by atoms with Crippen molar-refractivity contribution in [2.45, 2.75) is 25.4 Å². The van der Waals surface area contributed by atoms with E-state index in [1.54, 1.807) is 0 Å². The summed E-state index contributed by atoms with van der Waals surface area (Å²) < 4.78 is 1.49. The number of benzene rings is 1. The van der Waals surface area contributed by atoms with Crippen LogP contribution in [0.5, 0.6) is 0 Å². The number of carboxylic acids is 1. The summed E-state index contributed by atoms with van der Waals surface area (Å²) in [5, 5.41) is 16.3. The Morgan fingerprint density at radius 3 is 2.74 bits per heavy atom. The molecule has 4 rings (SSSR count). The van der Waals surface area contributed by atoms with Crippen LogP contribution in [0, 0.1) is 11.3 Å². The van der Waals surface area contributed by atoms with E-state index in [2.05, 4.69) is 15.4 Å². The van der Waals surface area contributed by atoms with E-state index < -0.39 is 11.4 Å². The highest BCUT2D eigenvalue weighted by molar-refractivity contribution is 5.83. The second kappa shape index (κ2) is 4.91. The van der Waals surface area contributed by atoms with Gasteiger partial charge in [-0.3, -0.25) is 9.59 Å². The smallest absolute Gasteiger partial charge is 0.310 e. The molecule has 0 unspecified atom stereocenters. The highest BCUT2D eigenvalue weighted by Gasteiger charge is 2.72. The van der Waals surface area contributed by atoms with Gasteiger partial charge in [0.25, 0.3) is 0 Å². The van der Waals surface area contributed by atoms with Crippen molar-refractivity contribution in [1.82, 2.24) is 20.1 Å². The number of nitrogens with zero attached hydrogens (tertiary/aromatic N) is 3. The number of carboxylic acid groups (broad SMARTS) is 1. The molecule has 1 amide bonds. The fourth-order valence-electron chi connectivity index (χ4n) is 3.44. The summed E-state index contributed by atoms with van der Waals surface area (Å²) >= 11 is 0. The Kier molecular flexibility index (Phi) is 2.97. The lowest BCUT2D eigenvalue weighted by molar-refractivity contribution is -0.148. The summed E-state index contributed by atoms with van der Waals surface area (Å²) in [6, 6.07) is 9.53. The predicted molar refractivity (Wildman–Crippen MR) is 80.2 cm³/mol. The molecule has 23 heavy (non-hydrogen) atoms. The van der Waals surface area contributed by atoms with Crippen molar-refractivity contribution < 1.29 is 14.7 Å². The molecule has 2 N–H and O–H groups in total. The zero-order valence-electron chi connectivity index (χ0n) is 12.3. The molecular weight excluding hydrogens is 296 g/mol. The van der Waals surface area contributed by atoms with Gasteiger partial charge in [-0.25, -0.2) is 9.67 Å². The Bertz CT molecular complexity index is 773. The van der Waals surface area contributed by atoms with Crippen LogP contribution in [0.2, 0.25) is 0 Å². The first-order chi connectivity index (χ1) is 11.1. The number of hydrogen-bond donors (Lipinski definition) is 2. The molecular formula is C16H16N4O3. The van der Waals surface area contributed by atoms with Crippen molar-refractivity contribution in [3.05, 3.63) is 36.7 Å². The van der Waals surface area contributed by atoms with E-state index in [1.807, 2.05) is 30.3 Å². The Morgan fingerprint density at radius 2 is 2.09 bits per heavy atom. The maximum atomic E-state index is 12.1. The molecule has 7 nitrogen and oxygen atoms in total. The molecule has 1 aromatic heterocycles. The van der Waals surface area contributed by atoms with E-state index in [1.165, 1.54) is 11.0 Å². The van der Waals surface area contributed by atoms with Gasteiger partial charge in [0.1, 0.15) is 12.9 Å². The quantitative estimate of drug-likeness (QED) is 0.856. The summed E-state index contributed by atoms with van der Waals surface area (Å²) in [6.45, 7) is 0.0864. The molecule has 1 aromatic carbocycles. The molecule has 0 radical (unpaired) electrons. The Balaban J connectivity index is 1.34. The van der Waals surface area contributed by atoms with Crippen molar-refractivity contribution in [3.8, 4) is 11.4 Å². The predicted octanol–water partition coefficient (Wildman–Crippen LogP) is 0.924. The van der Waals surface area contributed by atoms with Gasteiger partial charge >= 0.3 is 5.97 Å². The summed E-state index contributed by atoms with van der Waals surface area (Å²) in [4.78, 5) is 27.3. The lowest BCUT2D eigenvalue weighted by Crippen LogP contribution is -2.49. The van der Waals surface area contributed by atoms with Crippen LogP contribution >= 0.6 is 0 Å². The van der Waals surface area contributed by atoms with Crippen LogP contribution < -0.4 is 5.32 Å². The molecule has 0 aliphatic heterocycles. The number of carbonyl (C=O) groups is 2. The van der Waals surface area contributed by atoms with E-state index in [9.17, 15) is 9.59 Å². The van der Waals surface area contributed by atoms with Crippen LogP contribution in [0.3, 0.4) is 0 Å². The summed E-state index contributed by atoms with van der Waals surface area (Å²) in [6.07, 6.45) is 2.74. The van der Waals surface area contributed by atoms with Crippen molar-refractivity contribution in [1.29, 1.82) is 0 Å². The zero-order valence-corrected chi connectivity index (χ0v) is 12.3. The van der Waals surface area contributed by atoms with E-state index in [0.29, 0.717) is 18.7 Å². The maximum absolute atomic E-state index is 12.1. The second-order valence-electron chi connectivity index (χ2n) is 6.28. The molecule has 2 aromatic rings. The second-order valence-corrected chi connectivity index (χ2v) is 6.28. The highest BCUT2D eigenvalue weighted by atomic mass is 16.4. The summed E-state index contributed by atoms with van der Waals surface area (Å²) in [5.41, 5.74) is 0.348. The Labute approximate surface area is 132 Å². The maximum Gasteiger partial charge on any atom is 0.310 e. The van der Waals surface area contributed by atoms with Gasteiger partial charge in [-0.1, -0.05) is 30.3 Å². The number of carbonyl (C=O) groups excluding carboxylic acids is 1. The molecule has 0 bridgehead atoms. The first kappa shape index (κ1) is 13.9. The largest absolute Gasteiger partial charge is 0.481 e. The fourth-order valence-corrected chi connectivity index (χ4v) is 3.44. The molecule has 7 heteroatoms. The van der Waals surface area contributed by atoms with E-state index in [4.69, 9.17) is 5.11 Å². The molecule has 0 saturated heterocycles. The van der Waals surface area contributed by atoms with Crippen molar-refractivity contribution in [2.24, 2.45) is 11.3 Å². The topological polar surface area (TPSA) is 97.1 Å². The average molecular weight is 312 g/mol. The minimum atomic E-state index is -0.739. The van der Waals surface area contributed by atoms with E-state index in [0.717, 1.165) is 5.56 Å². The number of hydrogen-bond acceptors (Lipinski definition) is 4. The molecule has 2 aliphatic carbocycles. The fraction of sp³-hybridized carbons (Fsp3) is 0.375. The molecule has 3 atom stereocenters. The lowest BCUT2D eigenvalue weighted by Gasteiger charge is -2.32. The number of fused-ring (bicyclic) bond motifs is 1. The number of nitrogens with one attached hydrogen (secondary N) is 1. The standard InChI is InChI=1S/C16H16N4O3/c21-13(18-12-7-16(15(22)23)6-11(12)16)8-20-9-17-14(19-20)10-4-2-1-3-5-10/h1-5,9,11-12H,6-8H2,(H,18,21)(H,22,23)/t11-,12+,16-/m0/s1. The van der Waals surface area contributed by atoms with Gasteiger partial charge in [0.05, 0.1) is 5.41 Å². The SMILES string of the molecule is O=C(Cn1cnc(-c2ccccc2)n1)N[C@@H]1C[C@@]2(C(=O)O)C[C@@H]12. The van der Waals surface area contributed by atoms with Gasteiger partial charge in [0.15, 0.2) is 5.82 Å². The third-order valence-corrected chi connectivity index (χ3v) is 4.85. The summed E-state index contributed by atoms with van der Waals surface area (Å²) in [7, 11) is 0. The van der Waals surface area contributed by atoms with Gasteiger partial charge in [-0.05, 0) is 18.8 Å². The highest BCUT2D eigenvalue weighted by Crippen LogP contribution is 2.67. The minimum Gasteiger partial charge on any atom is -0.481 e. The lowest BCUT2D eigenvalue weighted by atomic mass is 9.80. The van der Waals surface area contributed by atoms with E-state index >= 15 is 0 Å². The molecule has 2 fully saturated rings. The van der Waals surface area contributed by atoms with Crippen LogP contribution in [0.25, 0.3) is 11.4 Å². The summed E-state index contributed by atoms with van der Waals surface area (Å²) in [5.74, 6) is -0.226. The Morgan fingerprint density at radius 1 is 1.30 bits per heavy atom. The zero-order chi connectivity index (χ0) is 16.0. The van der Waals surface area contributed by atoms with Gasteiger partial charge in [0, 0.05) is 11.6 Å². The van der Waals surface area contributed by atoms with Crippen LogP contribution in [0.4, 0.5) is 0 Å². The van der Waals surface area contributed by atoms with Crippen LogP contribution in [-0.4, -0.2) is 37.8 Å². The third-order valence-electron chi connectivity index (χ3n) is 4.85. The van der Waals surface area contributed by atoms with Crippen molar-refractivity contribution >= 4 is 11.9 Å². The number of amides is 1. The van der Waals surface area contributed by atoms with Crippen LogP contribution in [0.1, 0.15) is 12.8 Å². The molecule has 118 valence electrons. The molecule has 2 saturated carbocycles. The van der Waals surface area contributed by atoms with Gasteiger partial charge in [-0.2, -0.15) is 5.10 Å². The average Bonchev–Trinajstić information content (AvgIpc) is 2.90. The Hall–Kier alpha value is -2.70. The monoisotopic (exact) mass is 312 g/mol. The van der Waals surface area contributed by atoms with Crippen LogP contribution in [-0.2, 0) is 16.1 Å². The first-order valence-corrected chi connectivity index (χ1v) is 7.56. The molecule has 1 heterocycles. The number of aromatic nitrogens is 3. The first-order valence-electron chi connectivity index (χ1n) is 7.56. The normalized spacial score (nSPS) is 27.7. The van der Waals surface area contributed by atoms with Gasteiger partial charge in [-0.15, -0.1) is 0 Å². The minimum absolute atomic E-state index is 0.0179.